The van der Waals surface area contributed by atoms with Gasteiger partial charge in [0.15, 0.2) is 0 Å². The Morgan fingerprint density at radius 1 is 1.07 bits per heavy atom. The van der Waals surface area contributed by atoms with Crippen molar-refractivity contribution in [1.29, 1.82) is 0 Å². The molecule has 0 spiro atoms. The number of nitrogens with zero attached hydrogens (tertiary/aromatic N) is 2. The molecule has 0 saturated heterocycles. The number of aromatic nitrogens is 2. The van der Waals surface area contributed by atoms with E-state index < -0.39 is 23.2 Å². The van der Waals surface area contributed by atoms with Crippen LogP contribution >= 0.6 is 0 Å². The summed E-state index contributed by atoms with van der Waals surface area (Å²) in [6, 6.07) is 9.69. The highest BCUT2D eigenvalue weighted by molar-refractivity contribution is 5.85. The van der Waals surface area contributed by atoms with Crippen molar-refractivity contribution in [2.24, 2.45) is 0 Å². The minimum atomic E-state index is -2.19. The summed E-state index contributed by atoms with van der Waals surface area (Å²) in [4.78, 5) is 16.8. The summed E-state index contributed by atoms with van der Waals surface area (Å²) in [5.41, 5.74) is -1.94. The molecular weight excluding hydrogens is 354 g/mol. The number of esters is 1. The number of hydrogen-bond donors (Lipinski definition) is 1. The van der Waals surface area contributed by atoms with Gasteiger partial charge in [-0.3, -0.25) is 0 Å². The molecule has 0 atom stereocenters. The van der Waals surface area contributed by atoms with Gasteiger partial charge in [-0.25, -0.2) is 18.6 Å². The van der Waals surface area contributed by atoms with Crippen molar-refractivity contribution >= 4 is 5.97 Å². The third-order valence-electron chi connectivity index (χ3n) is 4.31. The quantitative estimate of drug-likeness (QED) is 0.676. The monoisotopic (exact) mass is 372 g/mol. The second-order valence-electron chi connectivity index (χ2n) is 6.03. The van der Waals surface area contributed by atoms with Crippen LogP contribution in [0.25, 0.3) is 0 Å². The molecule has 2 aromatic carbocycles. The van der Waals surface area contributed by atoms with Crippen molar-refractivity contribution < 1.29 is 23.4 Å². The van der Waals surface area contributed by atoms with E-state index in [1.54, 1.807) is 17.0 Å². The van der Waals surface area contributed by atoms with Crippen molar-refractivity contribution in [3.05, 3.63) is 89.5 Å². The number of rotatable bonds is 6. The molecule has 0 amide bonds. The molecule has 5 nitrogen and oxygen atoms in total. The van der Waals surface area contributed by atoms with E-state index in [-0.39, 0.29) is 17.7 Å². The number of halogens is 2. The zero-order valence-electron chi connectivity index (χ0n) is 14.6. The molecule has 3 rings (SSSR count). The molecule has 27 heavy (non-hydrogen) atoms. The van der Waals surface area contributed by atoms with Gasteiger partial charge in [0, 0.05) is 12.4 Å². The van der Waals surface area contributed by atoms with Crippen LogP contribution in [0.15, 0.2) is 60.9 Å². The summed E-state index contributed by atoms with van der Waals surface area (Å²) in [6.45, 7) is 2.18. The topological polar surface area (TPSA) is 64.4 Å². The Morgan fingerprint density at radius 3 is 2.04 bits per heavy atom. The predicted molar refractivity (Wildman–Crippen MR) is 93.7 cm³/mol. The zero-order chi connectivity index (χ0) is 19.4. The Balaban J connectivity index is 1.86. The number of aryl methyl sites for hydroxylation is 1. The van der Waals surface area contributed by atoms with Gasteiger partial charge in [0.25, 0.3) is 0 Å². The number of carbonyl (C=O) groups is 1. The number of carbonyl (C=O) groups excluding carboxylic acids is 1. The van der Waals surface area contributed by atoms with Gasteiger partial charge in [-0.2, -0.15) is 0 Å². The molecular formula is C20H18F2N2O3. The maximum atomic E-state index is 13.3. The maximum Gasteiger partial charge on any atom is 0.347 e. The van der Waals surface area contributed by atoms with Crippen LogP contribution in [0.5, 0.6) is 0 Å². The molecule has 0 radical (unpaired) electrons. The molecule has 0 saturated carbocycles. The first-order chi connectivity index (χ1) is 12.9. The largest absolute Gasteiger partial charge is 0.461 e. The molecule has 1 aromatic heterocycles. The highest BCUT2D eigenvalue weighted by atomic mass is 19.1. The molecule has 0 fully saturated rings. The lowest BCUT2D eigenvalue weighted by Gasteiger charge is -2.27. The Hall–Kier alpha value is -3.06. The third-order valence-corrected chi connectivity index (χ3v) is 4.31. The Labute approximate surface area is 154 Å². The molecule has 3 aromatic rings. The van der Waals surface area contributed by atoms with Crippen molar-refractivity contribution in [2.75, 3.05) is 6.61 Å². The van der Waals surface area contributed by atoms with Gasteiger partial charge < -0.3 is 14.4 Å². The van der Waals surface area contributed by atoms with Crippen molar-refractivity contribution in [2.45, 2.75) is 19.1 Å². The Morgan fingerprint density at radius 2 is 1.59 bits per heavy atom. The smallest absolute Gasteiger partial charge is 0.347 e. The number of hydrogen-bond acceptors (Lipinski definition) is 4. The van der Waals surface area contributed by atoms with Crippen LogP contribution in [0.2, 0.25) is 0 Å². The molecule has 0 bridgehead atoms. The molecule has 0 aliphatic heterocycles. The average Bonchev–Trinajstić information content (AvgIpc) is 3.07. The van der Waals surface area contributed by atoms with E-state index in [1.165, 1.54) is 24.3 Å². The standard InChI is InChI=1S/C20H18F2N2O3/c1-14-23-10-11-24(14)12-13-27-19(25)20(26,15-2-6-17(21)7-3-15)16-4-8-18(22)9-5-16/h2-11,26H,12-13H2,1H3. The van der Waals surface area contributed by atoms with Gasteiger partial charge in [-0.15, -0.1) is 0 Å². The normalized spacial score (nSPS) is 11.4. The highest BCUT2D eigenvalue weighted by Crippen LogP contribution is 2.31. The maximum absolute atomic E-state index is 13.3. The van der Waals surface area contributed by atoms with E-state index in [0.29, 0.717) is 6.54 Å². The fraction of sp³-hybridized carbons (Fsp3) is 0.200. The fourth-order valence-corrected chi connectivity index (χ4v) is 2.77. The van der Waals surface area contributed by atoms with Gasteiger partial charge in [0.2, 0.25) is 5.60 Å². The van der Waals surface area contributed by atoms with Gasteiger partial charge in [-0.05, 0) is 42.3 Å². The average molecular weight is 372 g/mol. The van der Waals surface area contributed by atoms with Crippen LogP contribution in [0, 0.1) is 18.6 Å². The van der Waals surface area contributed by atoms with E-state index in [9.17, 15) is 18.7 Å². The number of ether oxygens (including phenoxy) is 1. The Kier molecular flexibility index (Phi) is 5.32. The van der Waals surface area contributed by atoms with Crippen LogP contribution in [0.4, 0.5) is 8.78 Å². The summed E-state index contributed by atoms with van der Waals surface area (Å²) >= 11 is 0. The third kappa shape index (κ3) is 3.88. The van der Waals surface area contributed by atoms with E-state index >= 15 is 0 Å². The first-order valence-corrected chi connectivity index (χ1v) is 8.30. The summed E-state index contributed by atoms with van der Waals surface area (Å²) in [5, 5.41) is 11.2. The lowest BCUT2D eigenvalue weighted by Crippen LogP contribution is -2.39. The molecule has 0 aliphatic rings. The number of imidazole rings is 1. The van der Waals surface area contributed by atoms with Gasteiger partial charge >= 0.3 is 5.97 Å². The fourth-order valence-electron chi connectivity index (χ4n) is 2.77. The number of aliphatic hydroxyl groups is 1. The van der Waals surface area contributed by atoms with Gasteiger partial charge in [0.05, 0.1) is 6.54 Å². The number of benzene rings is 2. The summed E-state index contributed by atoms with van der Waals surface area (Å²) in [5.74, 6) is -1.19. The van der Waals surface area contributed by atoms with E-state index in [2.05, 4.69) is 4.98 Å². The second-order valence-corrected chi connectivity index (χ2v) is 6.03. The molecule has 7 heteroatoms. The second kappa shape index (κ2) is 7.67. The molecule has 0 aliphatic carbocycles. The Bertz CT molecular complexity index is 876. The van der Waals surface area contributed by atoms with Crippen molar-refractivity contribution in [1.82, 2.24) is 9.55 Å². The minimum absolute atomic E-state index is 0.000727. The van der Waals surface area contributed by atoms with E-state index in [0.717, 1.165) is 30.1 Å². The predicted octanol–water partition coefficient (Wildman–Crippen LogP) is 2.95. The lowest BCUT2D eigenvalue weighted by molar-refractivity contribution is -0.162. The first-order valence-electron chi connectivity index (χ1n) is 8.30. The van der Waals surface area contributed by atoms with Crippen LogP contribution < -0.4 is 0 Å². The van der Waals surface area contributed by atoms with Crippen LogP contribution in [-0.2, 0) is 21.7 Å². The minimum Gasteiger partial charge on any atom is -0.461 e. The summed E-state index contributed by atoms with van der Waals surface area (Å²) < 4.78 is 33.6. The van der Waals surface area contributed by atoms with E-state index in [1.807, 2.05) is 6.92 Å². The van der Waals surface area contributed by atoms with Crippen LogP contribution in [0.3, 0.4) is 0 Å². The summed E-state index contributed by atoms with van der Waals surface area (Å²) in [7, 11) is 0. The highest BCUT2D eigenvalue weighted by Gasteiger charge is 2.41. The van der Waals surface area contributed by atoms with Crippen molar-refractivity contribution in [3.8, 4) is 0 Å². The molecule has 140 valence electrons. The SMILES string of the molecule is Cc1nccn1CCOC(=O)C(O)(c1ccc(F)cc1)c1ccc(F)cc1. The molecule has 1 N–H and O–H groups in total. The summed E-state index contributed by atoms with van der Waals surface area (Å²) in [6.07, 6.45) is 3.37. The van der Waals surface area contributed by atoms with Crippen molar-refractivity contribution in [3.63, 3.8) is 0 Å². The first kappa shape index (κ1) is 18.7. The van der Waals surface area contributed by atoms with E-state index in [4.69, 9.17) is 4.74 Å². The zero-order valence-corrected chi connectivity index (χ0v) is 14.6. The molecule has 1 heterocycles. The lowest BCUT2D eigenvalue weighted by atomic mass is 9.86. The molecule has 0 unspecified atom stereocenters. The van der Waals surface area contributed by atoms with Crippen LogP contribution in [0.1, 0.15) is 17.0 Å². The van der Waals surface area contributed by atoms with Gasteiger partial charge in [-0.1, -0.05) is 24.3 Å². The van der Waals surface area contributed by atoms with Crippen LogP contribution in [-0.4, -0.2) is 27.2 Å². The van der Waals surface area contributed by atoms with Gasteiger partial charge in [0.1, 0.15) is 24.1 Å².